The number of aromatic nitrogens is 1. The standard InChI is InChI=1S/C17H22ClNO2S/c1-10-4-6-12-13(8-10)21-16(22-17(12,2)3)15(20)11-5-7-14(18)19-9-11/h5,7,9-10,12-13,16H,4,6,8H2,1-3H3. The summed E-state index contributed by atoms with van der Waals surface area (Å²) in [4.78, 5) is 16.7. The van der Waals surface area contributed by atoms with Crippen LogP contribution in [0.4, 0.5) is 0 Å². The Morgan fingerprint density at radius 2 is 2.18 bits per heavy atom. The molecule has 4 atom stereocenters. The Kier molecular flexibility index (Phi) is 4.54. The summed E-state index contributed by atoms with van der Waals surface area (Å²) < 4.78 is 6.25. The maximum absolute atomic E-state index is 12.7. The first-order chi connectivity index (χ1) is 10.4. The third-order valence-corrected chi connectivity index (χ3v) is 6.56. The number of ketones is 1. The zero-order chi connectivity index (χ0) is 15.9. The van der Waals surface area contributed by atoms with E-state index in [0.717, 1.165) is 6.42 Å². The molecule has 3 rings (SSSR count). The van der Waals surface area contributed by atoms with E-state index in [1.807, 2.05) is 0 Å². The van der Waals surface area contributed by atoms with Gasteiger partial charge in [-0.05, 0) is 36.8 Å². The van der Waals surface area contributed by atoms with E-state index in [0.29, 0.717) is 22.6 Å². The topological polar surface area (TPSA) is 39.2 Å². The highest BCUT2D eigenvalue weighted by Crippen LogP contribution is 2.50. The molecular weight excluding hydrogens is 318 g/mol. The Bertz CT molecular complexity index is 560. The van der Waals surface area contributed by atoms with E-state index in [-0.39, 0.29) is 16.6 Å². The van der Waals surface area contributed by atoms with Crippen LogP contribution in [-0.4, -0.2) is 27.1 Å². The number of fused-ring (bicyclic) bond motifs is 1. The van der Waals surface area contributed by atoms with E-state index in [9.17, 15) is 4.79 Å². The van der Waals surface area contributed by atoms with Gasteiger partial charge in [-0.25, -0.2) is 4.98 Å². The van der Waals surface area contributed by atoms with Gasteiger partial charge >= 0.3 is 0 Å². The zero-order valence-electron chi connectivity index (χ0n) is 13.2. The van der Waals surface area contributed by atoms with E-state index in [2.05, 4.69) is 25.8 Å². The summed E-state index contributed by atoms with van der Waals surface area (Å²) in [7, 11) is 0. The first kappa shape index (κ1) is 16.3. The summed E-state index contributed by atoms with van der Waals surface area (Å²) in [5.74, 6) is 1.20. The molecule has 120 valence electrons. The predicted molar refractivity (Wildman–Crippen MR) is 90.4 cm³/mol. The van der Waals surface area contributed by atoms with Gasteiger partial charge in [0.05, 0.1) is 6.10 Å². The lowest BCUT2D eigenvalue weighted by Crippen LogP contribution is -2.50. The molecule has 1 aliphatic heterocycles. The highest BCUT2D eigenvalue weighted by Gasteiger charge is 2.48. The number of carbonyl (C=O) groups is 1. The fourth-order valence-electron chi connectivity index (χ4n) is 3.60. The second-order valence-corrected chi connectivity index (χ2v) is 9.09. The molecule has 0 aromatic carbocycles. The number of carbonyl (C=O) groups excluding carboxylic acids is 1. The number of hydrogen-bond donors (Lipinski definition) is 0. The molecule has 0 radical (unpaired) electrons. The fraction of sp³-hybridized carbons (Fsp3) is 0.647. The van der Waals surface area contributed by atoms with Gasteiger partial charge in [0.25, 0.3) is 0 Å². The highest BCUT2D eigenvalue weighted by molar-refractivity contribution is 8.01. The molecule has 0 spiro atoms. The fourth-order valence-corrected chi connectivity index (χ4v) is 5.15. The summed E-state index contributed by atoms with van der Waals surface area (Å²) in [6.07, 6.45) is 5.23. The van der Waals surface area contributed by atoms with Crippen LogP contribution in [0.3, 0.4) is 0 Å². The van der Waals surface area contributed by atoms with Crippen molar-refractivity contribution in [3.05, 3.63) is 29.0 Å². The summed E-state index contributed by atoms with van der Waals surface area (Å²) in [6.45, 7) is 6.76. The number of pyridine rings is 1. The van der Waals surface area contributed by atoms with Crippen molar-refractivity contribution < 1.29 is 9.53 Å². The van der Waals surface area contributed by atoms with E-state index >= 15 is 0 Å². The van der Waals surface area contributed by atoms with Gasteiger partial charge in [-0.15, -0.1) is 11.8 Å². The van der Waals surface area contributed by atoms with Crippen molar-refractivity contribution in [2.45, 2.75) is 56.3 Å². The number of ether oxygens (including phenoxy) is 1. The summed E-state index contributed by atoms with van der Waals surface area (Å²) in [6, 6.07) is 3.38. The Balaban J connectivity index is 1.80. The van der Waals surface area contributed by atoms with Crippen LogP contribution >= 0.6 is 23.4 Å². The van der Waals surface area contributed by atoms with Crippen LogP contribution in [-0.2, 0) is 4.74 Å². The number of nitrogens with zero attached hydrogens (tertiary/aromatic N) is 1. The lowest BCUT2D eigenvalue weighted by molar-refractivity contribution is -0.0486. The van der Waals surface area contributed by atoms with Crippen LogP contribution in [0.1, 0.15) is 50.4 Å². The van der Waals surface area contributed by atoms with Crippen molar-refractivity contribution in [3.63, 3.8) is 0 Å². The zero-order valence-corrected chi connectivity index (χ0v) is 14.8. The average molecular weight is 340 g/mol. The molecule has 1 aromatic rings. The van der Waals surface area contributed by atoms with Crippen LogP contribution in [0.15, 0.2) is 18.3 Å². The summed E-state index contributed by atoms with van der Waals surface area (Å²) in [5, 5.41) is 0.398. The molecule has 22 heavy (non-hydrogen) atoms. The Labute approximate surface area is 141 Å². The van der Waals surface area contributed by atoms with Gasteiger partial charge in [0.15, 0.2) is 5.44 Å². The third-order valence-electron chi connectivity index (χ3n) is 4.88. The molecular formula is C17H22ClNO2S. The average Bonchev–Trinajstić information content (AvgIpc) is 2.46. The lowest BCUT2D eigenvalue weighted by atomic mass is 9.75. The van der Waals surface area contributed by atoms with Crippen molar-refractivity contribution >= 4 is 29.1 Å². The first-order valence-corrected chi connectivity index (χ1v) is 9.11. The number of rotatable bonds is 2. The first-order valence-electron chi connectivity index (χ1n) is 7.86. The Morgan fingerprint density at radius 3 is 2.86 bits per heavy atom. The van der Waals surface area contributed by atoms with E-state index in [4.69, 9.17) is 16.3 Å². The minimum absolute atomic E-state index is 0.00100. The highest BCUT2D eigenvalue weighted by atomic mass is 35.5. The predicted octanol–water partition coefficient (Wildman–Crippen LogP) is 4.59. The largest absolute Gasteiger partial charge is 0.356 e. The monoisotopic (exact) mass is 339 g/mol. The van der Waals surface area contributed by atoms with Crippen LogP contribution in [0.2, 0.25) is 5.15 Å². The second-order valence-electron chi connectivity index (χ2n) is 6.99. The molecule has 3 nitrogen and oxygen atoms in total. The molecule has 0 N–H and O–H groups in total. The molecule has 1 aliphatic carbocycles. The molecule has 0 amide bonds. The van der Waals surface area contributed by atoms with Gasteiger partial charge in [0, 0.05) is 16.5 Å². The number of hydrogen-bond acceptors (Lipinski definition) is 4. The van der Waals surface area contributed by atoms with Crippen LogP contribution in [0, 0.1) is 11.8 Å². The van der Waals surface area contributed by atoms with Crippen LogP contribution in [0.5, 0.6) is 0 Å². The van der Waals surface area contributed by atoms with Crippen molar-refractivity contribution in [1.29, 1.82) is 0 Å². The van der Waals surface area contributed by atoms with E-state index in [1.54, 1.807) is 23.9 Å². The summed E-state index contributed by atoms with van der Waals surface area (Å²) in [5.41, 5.74) is 0.129. The SMILES string of the molecule is CC1CCC2C(C1)OC(C(=O)c1ccc(Cl)nc1)SC2(C)C. The van der Waals surface area contributed by atoms with Crippen LogP contribution in [0.25, 0.3) is 0 Å². The van der Waals surface area contributed by atoms with Gasteiger partial charge in [0.2, 0.25) is 5.78 Å². The summed E-state index contributed by atoms with van der Waals surface area (Å²) >= 11 is 7.45. The van der Waals surface area contributed by atoms with Crippen molar-refractivity contribution in [2.75, 3.05) is 0 Å². The maximum Gasteiger partial charge on any atom is 0.203 e. The van der Waals surface area contributed by atoms with Gasteiger partial charge in [0.1, 0.15) is 5.15 Å². The molecule has 1 saturated carbocycles. The van der Waals surface area contributed by atoms with Crippen molar-refractivity contribution in [2.24, 2.45) is 11.8 Å². The van der Waals surface area contributed by atoms with Crippen molar-refractivity contribution in [1.82, 2.24) is 4.98 Å². The van der Waals surface area contributed by atoms with Crippen LogP contribution < -0.4 is 0 Å². The molecule has 4 unspecified atom stereocenters. The molecule has 1 aromatic heterocycles. The molecule has 2 fully saturated rings. The third kappa shape index (κ3) is 3.19. The quantitative estimate of drug-likeness (QED) is 0.583. The van der Waals surface area contributed by atoms with Gasteiger partial charge in [-0.2, -0.15) is 0 Å². The van der Waals surface area contributed by atoms with Gasteiger partial charge in [-0.3, -0.25) is 4.79 Å². The molecule has 5 heteroatoms. The molecule has 0 bridgehead atoms. The maximum atomic E-state index is 12.7. The van der Waals surface area contributed by atoms with Gasteiger partial charge < -0.3 is 4.74 Å². The van der Waals surface area contributed by atoms with Gasteiger partial charge in [-0.1, -0.05) is 38.8 Å². The second kappa shape index (κ2) is 6.14. The van der Waals surface area contributed by atoms with Crippen molar-refractivity contribution in [3.8, 4) is 0 Å². The number of thioether (sulfide) groups is 1. The Morgan fingerprint density at radius 1 is 1.41 bits per heavy atom. The molecule has 2 aliphatic rings. The smallest absolute Gasteiger partial charge is 0.203 e. The minimum atomic E-state index is -0.440. The Hall–Kier alpha value is -0.580. The normalized spacial score (nSPS) is 34.0. The van der Waals surface area contributed by atoms with E-state index in [1.165, 1.54) is 19.0 Å². The lowest BCUT2D eigenvalue weighted by Gasteiger charge is -2.49. The number of Topliss-reactive ketones (excluding diaryl/α,β-unsaturated/α-hetero) is 1. The number of halogens is 1. The molecule has 1 saturated heterocycles. The minimum Gasteiger partial charge on any atom is -0.356 e. The van der Waals surface area contributed by atoms with E-state index < -0.39 is 5.44 Å². The molecule has 2 heterocycles.